The molecular formula is C31H32ClN3O8. The number of ether oxygens (including phenoxy) is 4. The van der Waals surface area contributed by atoms with Gasteiger partial charge in [-0.15, -0.1) is 0 Å². The van der Waals surface area contributed by atoms with E-state index >= 15 is 0 Å². The third-order valence-corrected chi connectivity index (χ3v) is 6.99. The van der Waals surface area contributed by atoms with E-state index in [1.54, 1.807) is 62.4 Å². The quantitative estimate of drug-likeness (QED) is 0.208. The second-order valence-corrected chi connectivity index (χ2v) is 9.89. The molecule has 1 aliphatic heterocycles. The number of pyridine rings is 1. The number of allylic oxidation sites excluding steroid dienone is 1. The Bertz CT molecular complexity index is 1650. The Morgan fingerprint density at radius 2 is 1.81 bits per heavy atom. The number of methoxy groups -OCH3 is 1. The molecule has 0 fully saturated rings. The van der Waals surface area contributed by atoms with Crippen LogP contribution < -0.4 is 20.9 Å². The highest BCUT2D eigenvalue weighted by Gasteiger charge is 2.39. The van der Waals surface area contributed by atoms with Crippen molar-refractivity contribution < 1.29 is 33.3 Å². The molecule has 4 rings (SSSR count). The number of esters is 2. The van der Waals surface area contributed by atoms with Crippen LogP contribution in [0.25, 0.3) is 10.9 Å². The number of amides is 1. The number of hydrogen-bond donors (Lipinski definition) is 3. The summed E-state index contributed by atoms with van der Waals surface area (Å²) in [6.07, 6.45) is 0. The van der Waals surface area contributed by atoms with Gasteiger partial charge in [-0.3, -0.25) is 9.59 Å². The predicted octanol–water partition coefficient (Wildman–Crippen LogP) is 3.34. The molecule has 3 aromatic rings. The summed E-state index contributed by atoms with van der Waals surface area (Å²) < 4.78 is 21.8. The fourth-order valence-corrected chi connectivity index (χ4v) is 4.96. The zero-order chi connectivity index (χ0) is 30.9. The minimum atomic E-state index is -0.854. The molecule has 0 spiro atoms. The highest BCUT2D eigenvalue weighted by Crippen LogP contribution is 2.41. The fraction of sp³-hybridized carbons (Fsp3) is 0.290. The van der Waals surface area contributed by atoms with E-state index in [0.717, 1.165) is 5.39 Å². The molecule has 1 aliphatic rings. The number of fused-ring (bicyclic) bond motifs is 1. The van der Waals surface area contributed by atoms with Gasteiger partial charge < -0.3 is 34.6 Å². The van der Waals surface area contributed by atoms with Gasteiger partial charge in [-0.05, 0) is 49.7 Å². The smallest absolute Gasteiger partial charge is 0.336 e. The van der Waals surface area contributed by atoms with E-state index in [-0.39, 0.29) is 55.6 Å². The van der Waals surface area contributed by atoms with Crippen LogP contribution in [-0.4, -0.2) is 62.9 Å². The van der Waals surface area contributed by atoms with Crippen LogP contribution in [0, 0.1) is 0 Å². The Labute approximate surface area is 252 Å². The Morgan fingerprint density at radius 3 is 2.56 bits per heavy atom. The standard InChI is InChI=1S/C31H32ClN3O8/c1-4-42-31(39)29-24(34-18(2)27(30(38)40-3)28(29)21-7-5-6-8-22(21)32)16-41-14-13-33-26(37)17-43-20-10-11-23-19(15-20)9-12-25(36)35-23/h5-12,15,28,34H,4,13-14,16-17H2,1-3H3,(H,33,37)(H,35,36). The zero-order valence-electron chi connectivity index (χ0n) is 24.0. The monoisotopic (exact) mass is 609 g/mol. The van der Waals surface area contributed by atoms with Crippen molar-refractivity contribution in [3.05, 3.63) is 98.1 Å². The lowest BCUT2D eigenvalue weighted by Crippen LogP contribution is -2.35. The molecule has 1 aromatic heterocycles. The summed E-state index contributed by atoms with van der Waals surface area (Å²) in [5.41, 5.74) is 2.30. The van der Waals surface area contributed by atoms with Gasteiger partial charge in [0.25, 0.3) is 5.91 Å². The van der Waals surface area contributed by atoms with E-state index in [0.29, 0.717) is 33.2 Å². The van der Waals surface area contributed by atoms with Crippen molar-refractivity contribution in [3.8, 4) is 5.75 Å². The number of dihydropyridines is 1. The van der Waals surface area contributed by atoms with E-state index < -0.39 is 17.9 Å². The molecule has 0 bridgehead atoms. The van der Waals surface area contributed by atoms with Crippen LogP contribution in [0.4, 0.5) is 0 Å². The number of H-pyrrole nitrogens is 1. The lowest BCUT2D eigenvalue weighted by atomic mass is 9.80. The van der Waals surface area contributed by atoms with Crippen molar-refractivity contribution in [1.29, 1.82) is 0 Å². The molecule has 43 heavy (non-hydrogen) atoms. The first kappa shape index (κ1) is 31.3. The predicted molar refractivity (Wildman–Crippen MR) is 160 cm³/mol. The fourth-order valence-electron chi connectivity index (χ4n) is 4.72. The summed E-state index contributed by atoms with van der Waals surface area (Å²) >= 11 is 6.52. The number of aromatic nitrogens is 1. The number of halogens is 1. The molecule has 0 aliphatic carbocycles. The highest BCUT2D eigenvalue weighted by molar-refractivity contribution is 6.31. The molecule has 0 saturated heterocycles. The largest absolute Gasteiger partial charge is 0.484 e. The first-order valence-electron chi connectivity index (χ1n) is 13.5. The topological polar surface area (TPSA) is 145 Å². The van der Waals surface area contributed by atoms with Gasteiger partial charge in [0.2, 0.25) is 5.56 Å². The lowest BCUT2D eigenvalue weighted by molar-refractivity contribution is -0.139. The van der Waals surface area contributed by atoms with Gasteiger partial charge in [0.05, 0.1) is 49.7 Å². The molecule has 1 atom stereocenters. The number of carbonyl (C=O) groups is 3. The van der Waals surface area contributed by atoms with Crippen LogP contribution in [0.3, 0.4) is 0 Å². The van der Waals surface area contributed by atoms with Crippen LogP contribution >= 0.6 is 11.6 Å². The van der Waals surface area contributed by atoms with Gasteiger partial charge in [-0.1, -0.05) is 29.8 Å². The summed E-state index contributed by atoms with van der Waals surface area (Å²) in [7, 11) is 1.27. The average molecular weight is 610 g/mol. The van der Waals surface area contributed by atoms with Crippen LogP contribution in [0.2, 0.25) is 5.02 Å². The normalized spacial score (nSPS) is 14.7. The first-order valence-corrected chi connectivity index (χ1v) is 13.9. The van der Waals surface area contributed by atoms with Crippen molar-refractivity contribution in [2.75, 3.05) is 40.1 Å². The number of hydrogen-bond acceptors (Lipinski definition) is 9. The summed E-state index contributed by atoms with van der Waals surface area (Å²) in [4.78, 5) is 52.6. The van der Waals surface area contributed by atoms with Crippen molar-refractivity contribution in [2.24, 2.45) is 0 Å². The van der Waals surface area contributed by atoms with E-state index in [2.05, 4.69) is 15.6 Å². The second kappa shape index (κ2) is 14.5. The highest BCUT2D eigenvalue weighted by atomic mass is 35.5. The summed E-state index contributed by atoms with van der Waals surface area (Å²) in [5, 5.41) is 6.97. The van der Waals surface area contributed by atoms with Gasteiger partial charge >= 0.3 is 11.9 Å². The van der Waals surface area contributed by atoms with Crippen molar-refractivity contribution in [3.63, 3.8) is 0 Å². The molecule has 0 radical (unpaired) electrons. The van der Waals surface area contributed by atoms with Gasteiger partial charge in [0.15, 0.2) is 6.61 Å². The molecule has 1 amide bonds. The van der Waals surface area contributed by atoms with E-state index in [9.17, 15) is 19.2 Å². The van der Waals surface area contributed by atoms with Gasteiger partial charge in [0.1, 0.15) is 5.75 Å². The molecule has 1 unspecified atom stereocenters. The molecule has 2 heterocycles. The lowest BCUT2D eigenvalue weighted by Gasteiger charge is -2.31. The minimum Gasteiger partial charge on any atom is -0.484 e. The van der Waals surface area contributed by atoms with Crippen LogP contribution in [0.15, 0.2) is 81.9 Å². The van der Waals surface area contributed by atoms with Gasteiger partial charge in [0, 0.05) is 34.2 Å². The number of benzene rings is 2. The number of carbonyl (C=O) groups excluding carboxylic acids is 3. The summed E-state index contributed by atoms with van der Waals surface area (Å²) in [6.45, 7) is 3.56. The summed E-state index contributed by atoms with van der Waals surface area (Å²) in [5.74, 6) is -1.96. The van der Waals surface area contributed by atoms with Gasteiger partial charge in [-0.2, -0.15) is 0 Å². The van der Waals surface area contributed by atoms with Crippen molar-refractivity contribution in [1.82, 2.24) is 15.6 Å². The maximum atomic E-state index is 13.2. The van der Waals surface area contributed by atoms with Gasteiger partial charge in [-0.25, -0.2) is 9.59 Å². The molecular weight excluding hydrogens is 578 g/mol. The van der Waals surface area contributed by atoms with E-state index in [1.807, 2.05) is 0 Å². The Balaban J connectivity index is 1.40. The Morgan fingerprint density at radius 1 is 1.02 bits per heavy atom. The molecule has 226 valence electrons. The summed E-state index contributed by atoms with van der Waals surface area (Å²) in [6, 6.07) is 15.1. The second-order valence-electron chi connectivity index (χ2n) is 9.49. The minimum absolute atomic E-state index is 0.0353. The SMILES string of the molecule is CCOC(=O)C1=C(COCCNC(=O)COc2ccc3[nH]c(=O)ccc3c2)NC(C)=C(C(=O)OC)C1c1ccccc1Cl. The Hall–Kier alpha value is -4.61. The molecule has 0 saturated carbocycles. The zero-order valence-corrected chi connectivity index (χ0v) is 24.7. The third-order valence-electron chi connectivity index (χ3n) is 6.64. The van der Waals surface area contributed by atoms with Crippen molar-refractivity contribution >= 4 is 40.3 Å². The van der Waals surface area contributed by atoms with E-state index in [1.165, 1.54) is 13.2 Å². The third kappa shape index (κ3) is 7.62. The first-order chi connectivity index (χ1) is 20.7. The van der Waals surface area contributed by atoms with E-state index in [4.69, 9.17) is 30.5 Å². The van der Waals surface area contributed by atoms with Crippen LogP contribution in [0.1, 0.15) is 25.3 Å². The number of aromatic amines is 1. The van der Waals surface area contributed by atoms with Crippen LogP contribution in [-0.2, 0) is 28.6 Å². The number of rotatable bonds is 12. The molecule has 12 heteroatoms. The number of nitrogens with one attached hydrogen (secondary N) is 3. The molecule has 11 nitrogen and oxygen atoms in total. The maximum absolute atomic E-state index is 13.2. The average Bonchev–Trinajstić information content (AvgIpc) is 2.99. The van der Waals surface area contributed by atoms with Crippen molar-refractivity contribution in [2.45, 2.75) is 19.8 Å². The molecule has 2 aromatic carbocycles. The van der Waals surface area contributed by atoms with Crippen LogP contribution in [0.5, 0.6) is 5.75 Å². The maximum Gasteiger partial charge on any atom is 0.336 e. The molecule has 3 N–H and O–H groups in total. The Kier molecular flexibility index (Phi) is 10.6.